The zero-order valence-corrected chi connectivity index (χ0v) is 15.7. The zero-order chi connectivity index (χ0) is 18.2. The number of aryl methyl sites for hydroxylation is 1. The van der Waals surface area contributed by atoms with Crippen LogP contribution in [0.5, 0.6) is 0 Å². The molecule has 8 heteroatoms. The molecular formula is C16H23NO5S2. The number of methoxy groups -OCH3 is 1. The number of carbonyl (C=O) groups excluding carboxylic acids is 2. The molecular weight excluding hydrogens is 350 g/mol. The molecule has 1 atom stereocenters. The molecule has 1 aromatic rings. The van der Waals surface area contributed by atoms with Crippen LogP contribution in [-0.2, 0) is 24.2 Å². The Balaban J connectivity index is 2.63. The number of thioether (sulfide) groups is 1. The number of esters is 1. The van der Waals surface area contributed by atoms with Crippen molar-refractivity contribution in [1.82, 2.24) is 5.32 Å². The molecule has 6 nitrogen and oxygen atoms in total. The summed E-state index contributed by atoms with van der Waals surface area (Å²) in [6, 6.07) is 5.72. The molecule has 1 rings (SSSR count). The molecule has 0 saturated heterocycles. The third kappa shape index (κ3) is 6.52. The predicted octanol–water partition coefficient (Wildman–Crippen LogP) is 1.57. The maximum atomic E-state index is 12.2. The molecule has 0 heterocycles. The highest BCUT2D eigenvalue weighted by molar-refractivity contribution is 7.98. The van der Waals surface area contributed by atoms with Gasteiger partial charge in [-0.05, 0) is 37.5 Å². The van der Waals surface area contributed by atoms with E-state index in [4.69, 9.17) is 0 Å². The minimum atomic E-state index is -3.53. The van der Waals surface area contributed by atoms with E-state index in [1.807, 2.05) is 13.2 Å². The largest absolute Gasteiger partial charge is 0.467 e. The normalized spacial score (nSPS) is 12.5. The van der Waals surface area contributed by atoms with Gasteiger partial charge in [-0.15, -0.1) is 0 Å². The van der Waals surface area contributed by atoms with E-state index >= 15 is 0 Å². The first-order valence-electron chi connectivity index (χ1n) is 7.45. The SMILES string of the molecule is COC(=O)[C@@H](CCSC)NC(=O)CCS(=O)(=O)c1ccc(C)cc1. The first-order chi connectivity index (χ1) is 11.3. The van der Waals surface area contributed by atoms with Crippen LogP contribution in [0.25, 0.3) is 0 Å². The first-order valence-corrected chi connectivity index (χ1v) is 10.5. The van der Waals surface area contributed by atoms with Gasteiger partial charge in [-0.3, -0.25) is 4.79 Å². The Labute approximate surface area is 147 Å². The third-order valence-corrected chi connectivity index (χ3v) is 5.79. The van der Waals surface area contributed by atoms with Gasteiger partial charge in [-0.1, -0.05) is 17.7 Å². The summed E-state index contributed by atoms with van der Waals surface area (Å²) in [5.41, 5.74) is 0.960. The molecule has 0 fully saturated rings. The molecule has 0 aliphatic heterocycles. The van der Waals surface area contributed by atoms with E-state index in [0.717, 1.165) is 5.56 Å². The van der Waals surface area contributed by atoms with Crippen LogP contribution in [-0.4, -0.2) is 51.2 Å². The van der Waals surface area contributed by atoms with Crippen LogP contribution in [0.3, 0.4) is 0 Å². The quantitative estimate of drug-likeness (QED) is 0.661. The number of amides is 1. The molecule has 0 bridgehead atoms. The summed E-state index contributed by atoms with van der Waals surface area (Å²) in [5, 5.41) is 2.54. The highest BCUT2D eigenvalue weighted by Gasteiger charge is 2.22. The minimum Gasteiger partial charge on any atom is -0.467 e. The fourth-order valence-corrected chi connectivity index (χ4v) is 3.70. The van der Waals surface area contributed by atoms with Crippen molar-refractivity contribution >= 4 is 33.5 Å². The molecule has 134 valence electrons. The third-order valence-electron chi connectivity index (χ3n) is 3.41. The Bertz CT molecular complexity index is 656. The van der Waals surface area contributed by atoms with Crippen molar-refractivity contribution in [3.8, 4) is 0 Å². The number of carbonyl (C=O) groups is 2. The molecule has 0 spiro atoms. The van der Waals surface area contributed by atoms with Crippen LogP contribution in [0.4, 0.5) is 0 Å². The lowest BCUT2D eigenvalue weighted by Crippen LogP contribution is -2.42. The van der Waals surface area contributed by atoms with Gasteiger partial charge in [0, 0.05) is 6.42 Å². The van der Waals surface area contributed by atoms with Crippen LogP contribution in [0.2, 0.25) is 0 Å². The van der Waals surface area contributed by atoms with Crippen molar-refractivity contribution in [2.24, 2.45) is 0 Å². The topological polar surface area (TPSA) is 89.5 Å². The number of rotatable bonds is 9. The maximum absolute atomic E-state index is 12.2. The average molecular weight is 373 g/mol. The average Bonchev–Trinajstić information content (AvgIpc) is 2.56. The number of nitrogens with one attached hydrogen (secondary N) is 1. The van der Waals surface area contributed by atoms with Gasteiger partial charge >= 0.3 is 5.97 Å². The van der Waals surface area contributed by atoms with Gasteiger partial charge in [0.05, 0.1) is 17.8 Å². The maximum Gasteiger partial charge on any atom is 0.328 e. The van der Waals surface area contributed by atoms with Crippen molar-refractivity contribution in [3.05, 3.63) is 29.8 Å². The summed E-state index contributed by atoms with van der Waals surface area (Å²) in [6.07, 6.45) is 2.12. The van der Waals surface area contributed by atoms with Gasteiger partial charge in [0.15, 0.2) is 9.84 Å². The Hall–Kier alpha value is -1.54. The molecule has 0 radical (unpaired) electrons. The van der Waals surface area contributed by atoms with Crippen molar-refractivity contribution in [2.75, 3.05) is 24.9 Å². The van der Waals surface area contributed by atoms with Gasteiger partial charge in [-0.2, -0.15) is 11.8 Å². The van der Waals surface area contributed by atoms with E-state index in [1.165, 1.54) is 19.2 Å². The molecule has 0 unspecified atom stereocenters. The molecule has 0 saturated carbocycles. The molecule has 1 N–H and O–H groups in total. The minimum absolute atomic E-state index is 0.188. The van der Waals surface area contributed by atoms with Crippen molar-refractivity contribution < 1.29 is 22.7 Å². The number of sulfone groups is 1. The fourth-order valence-electron chi connectivity index (χ4n) is 1.98. The van der Waals surface area contributed by atoms with Gasteiger partial charge < -0.3 is 10.1 Å². The second-order valence-corrected chi connectivity index (χ2v) is 8.40. The smallest absolute Gasteiger partial charge is 0.328 e. The van der Waals surface area contributed by atoms with E-state index in [0.29, 0.717) is 12.2 Å². The zero-order valence-electron chi connectivity index (χ0n) is 14.1. The van der Waals surface area contributed by atoms with Gasteiger partial charge in [-0.25, -0.2) is 13.2 Å². The van der Waals surface area contributed by atoms with Crippen LogP contribution < -0.4 is 5.32 Å². The van der Waals surface area contributed by atoms with E-state index in [2.05, 4.69) is 10.1 Å². The number of ether oxygens (including phenoxy) is 1. The standard InChI is InChI=1S/C16H23NO5S2/c1-12-4-6-13(7-5-12)24(20,21)11-9-15(18)17-14(8-10-23-3)16(19)22-2/h4-7,14H,8-11H2,1-3H3,(H,17,18)/t14-/m1/s1. The lowest BCUT2D eigenvalue weighted by atomic mass is 10.2. The fraction of sp³-hybridized carbons (Fsp3) is 0.500. The highest BCUT2D eigenvalue weighted by Crippen LogP contribution is 2.13. The van der Waals surface area contributed by atoms with E-state index in [-0.39, 0.29) is 17.1 Å². The lowest BCUT2D eigenvalue weighted by Gasteiger charge is -2.16. The van der Waals surface area contributed by atoms with Gasteiger partial charge in [0.2, 0.25) is 5.91 Å². The number of hydrogen-bond acceptors (Lipinski definition) is 6. The first kappa shape index (κ1) is 20.5. The molecule has 0 aliphatic rings. The van der Waals surface area contributed by atoms with Crippen molar-refractivity contribution in [2.45, 2.75) is 30.7 Å². The second-order valence-electron chi connectivity index (χ2n) is 5.31. The summed E-state index contributed by atoms with van der Waals surface area (Å²) >= 11 is 1.55. The van der Waals surface area contributed by atoms with Gasteiger partial charge in [0.25, 0.3) is 0 Å². The lowest BCUT2D eigenvalue weighted by molar-refractivity contribution is -0.145. The Morgan fingerprint density at radius 1 is 1.25 bits per heavy atom. The predicted molar refractivity (Wildman–Crippen MR) is 94.8 cm³/mol. The summed E-state index contributed by atoms with van der Waals surface area (Å²) < 4.78 is 29.1. The summed E-state index contributed by atoms with van der Waals surface area (Å²) in [7, 11) is -2.28. The Morgan fingerprint density at radius 2 is 1.88 bits per heavy atom. The van der Waals surface area contributed by atoms with E-state index < -0.39 is 27.8 Å². The van der Waals surface area contributed by atoms with Crippen LogP contribution in [0.1, 0.15) is 18.4 Å². The van der Waals surface area contributed by atoms with Crippen molar-refractivity contribution in [3.63, 3.8) is 0 Å². The highest BCUT2D eigenvalue weighted by atomic mass is 32.2. The molecule has 0 aliphatic carbocycles. The summed E-state index contributed by atoms with van der Waals surface area (Å²) in [5.74, 6) is -0.638. The van der Waals surface area contributed by atoms with Gasteiger partial charge in [0.1, 0.15) is 6.04 Å². The number of benzene rings is 1. The van der Waals surface area contributed by atoms with Crippen molar-refractivity contribution in [1.29, 1.82) is 0 Å². The van der Waals surface area contributed by atoms with Crippen LogP contribution in [0, 0.1) is 6.92 Å². The van der Waals surface area contributed by atoms with E-state index in [9.17, 15) is 18.0 Å². The molecule has 1 aromatic carbocycles. The molecule has 0 aromatic heterocycles. The molecule has 24 heavy (non-hydrogen) atoms. The van der Waals surface area contributed by atoms with E-state index in [1.54, 1.807) is 23.9 Å². The monoisotopic (exact) mass is 373 g/mol. The summed E-state index contributed by atoms with van der Waals surface area (Å²) in [6.45, 7) is 1.87. The number of hydrogen-bond donors (Lipinski definition) is 1. The second kappa shape index (κ2) is 9.68. The van der Waals surface area contributed by atoms with Crippen LogP contribution in [0.15, 0.2) is 29.2 Å². The Morgan fingerprint density at radius 3 is 2.42 bits per heavy atom. The summed E-state index contributed by atoms with van der Waals surface area (Å²) in [4.78, 5) is 23.8. The molecule has 1 amide bonds. The Kier molecular flexibility index (Phi) is 8.27. The van der Waals surface area contributed by atoms with Crippen LogP contribution >= 0.6 is 11.8 Å².